The van der Waals surface area contributed by atoms with E-state index in [4.69, 9.17) is 5.73 Å². The van der Waals surface area contributed by atoms with Crippen molar-refractivity contribution in [1.82, 2.24) is 0 Å². The molecule has 20 heavy (non-hydrogen) atoms. The van der Waals surface area contributed by atoms with Crippen molar-refractivity contribution in [3.05, 3.63) is 34.9 Å². The second-order valence-electron chi connectivity index (χ2n) is 7.16. The molecule has 1 unspecified atom stereocenters. The second-order valence-corrected chi connectivity index (χ2v) is 7.16. The molecule has 1 aliphatic rings. The first-order valence-electron chi connectivity index (χ1n) is 8.29. The van der Waals surface area contributed by atoms with Gasteiger partial charge in [-0.1, -0.05) is 32.0 Å². The predicted molar refractivity (Wildman–Crippen MR) is 87.9 cm³/mol. The van der Waals surface area contributed by atoms with Gasteiger partial charge in [-0.3, -0.25) is 0 Å². The molecule has 0 amide bonds. The lowest BCUT2D eigenvalue weighted by atomic mass is 9.73. The van der Waals surface area contributed by atoms with Gasteiger partial charge in [-0.15, -0.1) is 0 Å². The standard InChI is InChI=1S/C19H31N/c1-13(2)16-8-10-17(11-9-16)19(20)12-18-14(3)6-5-7-15(18)4/h5-7,13,16-17,19H,8-12,20H2,1-4H3. The first-order valence-corrected chi connectivity index (χ1v) is 8.29. The summed E-state index contributed by atoms with van der Waals surface area (Å²) >= 11 is 0. The molecule has 1 fully saturated rings. The maximum absolute atomic E-state index is 6.54. The Morgan fingerprint density at radius 1 is 1.00 bits per heavy atom. The molecule has 0 bridgehead atoms. The van der Waals surface area contributed by atoms with Crippen molar-refractivity contribution in [2.24, 2.45) is 23.5 Å². The summed E-state index contributed by atoms with van der Waals surface area (Å²) in [5.41, 5.74) is 10.8. The van der Waals surface area contributed by atoms with E-state index in [1.54, 1.807) is 0 Å². The molecular weight excluding hydrogens is 242 g/mol. The van der Waals surface area contributed by atoms with Gasteiger partial charge in [0, 0.05) is 6.04 Å². The highest BCUT2D eigenvalue weighted by Crippen LogP contribution is 2.35. The van der Waals surface area contributed by atoms with Crippen LogP contribution in [0.2, 0.25) is 0 Å². The SMILES string of the molecule is Cc1cccc(C)c1CC(N)C1CCC(C(C)C)CC1. The minimum absolute atomic E-state index is 0.336. The minimum Gasteiger partial charge on any atom is -0.327 e. The molecule has 1 heteroatoms. The Bertz CT molecular complexity index is 407. The summed E-state index contributed by atoms with van der Waals surface area (Å²) in [6, 6.07) is 6.91. The van der Waals surface area contributed by atoms with Crippen LogP contribution in [-0.2, 0) is 6.42 Å². The summed E-state index contributed by atoms with van der Waals surface area (Å²) in [7, 11) is 0. The van der Waals surface area contributed by atoms with E-state index >= 15 is 0 Å². The number of benzene rings is 1. The van der Waals surface area contributed by atoms with Gasteiger partial charge in [-0.25, -0.2) is 0 Å². The molecule has 1 atom stereocenters. The Balaban J connectivity index is 1.94. The van der Waals surface area contributed by atoms with Gasteiger partial charge in [0.05, 0.1) is 0 Å². The Kier molecular flexibility index (Phi) is 5.26. The Hall–Kier alpha value is -0.820. The van der Waals surface area contributed by atoms with Crippen molar-refractivity contribution in [2.45, 2.75) is 65.8 Å². The fourth-order valence-corrected chi connectivity index (χ4v) is 3.81. The zero-order valence-electron chi connectivity index (χ0n) is 13.7. The monoisotopic (exact) mass is 273 g/mol. The molecule has 1 aliphatic carbocycles. The third-order valence-electron chi connectivity index (χ3n) is 5.45. The first-order chi connectivity index (χ1) is 9.49. The molecule has 0 saturated heterocycles. The van der Waals surface area contributed by atoms with Gasteiger partial charge in [0.15, 0.2) is 0 Å². The van der Waals surface area contributed by atoms with Gasteiger partial charge in [0.2, 0.25) is 0 Å². The van der Waals surface area contributed by atoms with Gasteiger partial charge in [0.1, 0.15) is 0 Å². The molecule has 0 aliphatic heterocycles. The average molecular weight is 273 g/mol. The van der Waals surface area contributed by atoms with Crippen molar-refractivity contribution in [2.75, 3.05) is 0 Å². The maximum atomic E-state index is 6.54. The topological polar surface area (TPSA) is 26.0 Å². The first kappa shape index (κ1) is 15.6. The van der Waals surface area contributed by atoms with E-state index in [2.05, 4.69) is 45.9 Å². The zero-order valence-corrected chi connectivity index (χ0v) is 13.7. The van der Waals surface area contributed by atoms with Crippen LogP contribution in [0.15, 0.2) is 18.2 Å². The molecule has 0 radical (unpaired) electrons. The smallest absolute Gasteiger partial charge is 0.0108 e. The summed E-state index contributed by atoms with van der Waals surface area (Å²) < 4.78 is 0. The highest BCUT2D eigenvalue weighted by molar-refractivity contribution is 5.34. The predicted octanol–water partition coefficient (Wildman–Crippen LogP) is 4.64. The van der Waals surface area contributed by atoms with Crippen LogP contribution in [0.1, 0.15) is 56.2 Å². The van der Waals surface area contributed by atoms with Crippen molar-refractivity contribution in [3.63, 3.8) is 0 Å². The van der Waals surface area contributed by atoms with Crippen LogP contribution in [-0.4, -0.2) is 6.04 Å². The Labute approximate surface area is 125 Å². The number of rotatable bonds is 4. The van der Waals surface area contributed by atoms with Crippen molar-refractivity contribution < 1.29 is 0 Å². The van der Waals surface area contributed by atoms with Crippen molar-refractivity contribution in [3.8, 4) is 0 Å². The van der Waals surface area contributed by atoms with Crippen LogP contribution >= 0.6 is 0 Å². The largest absolute Gasteiger partial charge is 0.327 e. The molecule has 2 N–H and O–H groups in total. The summed E-state index contributed by atoms with van der Waals surface area (Å²) in [5.74, 6) is 2.49. The number of nitrogens with two attached hydrogens (primary N) is 1. The molecule has 1 nitrogen and oxygen atoms in total. The number of hydrogen-bond acceptors (Lipinski definition) is 1. The lowest BCUT2D eigenvalue weighted by Gasteiger charge is -2.34. The van der Waals surface area contributed by atoms with Gasteiger partial charge < -0.3 is 5.73 Å². The van der Waals surface area contributed by atoms with E-state index in [-0.39, 0.29) is 0 Å². The van der Waals surface area contributed by atoms with Crippen LogP contribution in [0.4, 0.5) is 0 Å². The van der Waals surface area contributed by atoms with Crippen LogP contribution in [0.25, 0.3) is 0 Å². The maximum Gasteiger partial charge on any atom is 0.0108 e. The Morgan fingerprint density at radius 2 is 1.50 bits per heavy atom. The van der Waals surface area contributed by atoms with E-state index in [9.17, 15) is 0 Å². The highest BCUT2D eigenvalue weighted by Gasteiger charge is 2.27. The van der Waals surface area contributed by atoms with Crippen LogP contribution in [0.5, 0.6) is 0 Å². The summed E-state index contributed by atoms with van der Waals surface area (Å²) in [5, 5.41) is 0. The lowest BCUT2D eigenvalue weighted by Crippen LogP contribution is -2.36. The number of hydrogen-bond donors (Lipinski definition) is 1. The molecule has 1 aromatic rings. The van der Waals surface area contributed by atoms with E-state index in [1.165, 1.54) is 42.4 Å². The normalized spacial score (nSPS) is 24.9. The highest BCUT2D eigenvalue weighted by atomic mass is 14.7. The van der Waals surface area contributed by atoms with E-state index in [0.29, 0.717) is 6.04 Å². The number of aryl methyl sites for hydroxylation is 2. The second kappa shape index (κ2) is 6.76. The van der Waals surface area contributed by atoms with Gasteiger partial charge in [-0.05, 0) is 80.4 Å². The fourth-order valence-electron chi connectivity index (χ4n) is 3.81. The summed E-state index contributed by atoms with van der Waals surface area (Å²) in [4.78, 5) is 0. The molecule has 112 valence electrons. The molecule has 1 aromatic carbocycles. The van der Waals surface area contributed by atoms with Crippen LogP contribution < -0.4 is 5.73 Å². The van der Waals surface area contributed by atoms with Gasteiger partial charge >= 0.3 is 0 Å². The third kappa shape index (κ3) is 3.63. The minimum atomic E-state index is 0.336. The summed E-state index contributed by atoms with van der Waals surface area (Å²) in [6.07, 6.45) is 6.46. The fraction of sp³-hybridized carbons (Fsp3) is 0.684. The van der Waals surface area contributed by atoms with Crippen molar-refractivity contribution >= 4 is 0 Å². The average Bonchev–Trinajstić information content (AvgIpc) is 2.43. The van der Waals surface area contributed by atoms with Crippen LogP contribution in [0, 0.1) is 31.6 Å². The van der Waals surface area contributed by atoms with Crippen LogP contribution in [0.3, 0.4) is 0 Å². The molecule has 2 rings (SSSR count). The van der Waals surface area contributed by atoms with E-state index in [1.807, 2.05) is 0 Å². The molecule has 0 aromatic heterocycles. The van der Waals surface area contributed by atoms with Crippen molar-refractivity contribution in [1.29, 1.82) is 0 Å². The zero-order chi connectivity index (χ0) is 14.7. The third-order valence-corrected chi connectivity index (χ3v) is 5.45. The molecule has 1 saturated carbocycles. The van der Waals surface area contributed by atoms with E-state index < -0.39 is 0 Å². The lowest BCUT2D eigenvalue weighted by molar-refractivity contribution is 0.202. The molecule has 0 spiro atoms. The van der Waals surface area contributed by atoms with E-state index in [0.717, 1.165) is 24.2 Å². The Morgan fingerprint density at radius 3 is 2.00 bits per heavy atom. The van der Waals surface area contributed by atoms with Gasteiger partial charge in [-0.2, -0.15) is 0 Å². The molecule has 0 heterocycles. The summed E-state index contributed by atoms with van der Waals surface area (Å²) in [6.45, 7) is 9.15. The molecular formula is C19H31N. The van der Waals surface area contributed by atoms with Gasteiger partial charge in [0.25, 0.3) is 0 Å². The quantitative estimate of drug-likeness (QED) is 0.850.